The van der Waals surface area contributed by atoms with Gasteiger partial charge in [-0.1, -0.05) is 37.8 Å². The molecule has 1 aliphatic rings. The van der Waals surface area contributed by atoms with E-state index in [0.29, 0.717) is 11.3 Å². The van der Waals surface area contributed by atoms with Gasteiger partial charge in [-0.3, -0.25) is 0 Å². The molecule has 3 heteroatoms. The van der Waals surface area contributed by atoms with Crippen LogP contribution in [0.5, 0.6) is 0 Å². The molecule has 1 fully saturated rings. The Morgan fingerprint density at radius 3 is 2.84 bits per heavy atom. The highest BCUT2D eigenvalue weighted by Gasteiger charge is 2.19. The molecule has 0 saturated heterocycles. The molecule has 19 heavy (non-hydrogen) atoms. The standard InChI is InChI=1S/C16H20FNO/c17-13-7-3-6-12-10-15(19-16(12)13)14(18)9-8-11-4-1-2-5-11/h3,6-7,10-11,14H,1-2,4-5,8-9,18H2. The third-order valence-corrected chi connectivity index (χ3v) is 4.24. The van der Waals surface area contributed by atoms with E-state index < -0.39 is 0 Å². The van der Waals surface area contributed by atoms with Gasteiger partial charge < -0.3 is 10.2 Å². The largest absolute Gasteiger partial charge is 0.456 e. The van der Waals surface area contributed by atoms with Crippen LogP contribution in [0.1, 0.15) is 50.3 Å². The molecule has 0 amide bonds. The van der Waals surface area contributed by atoms with E-state index in [-0.39, 0.29) is 11.9 Å². The second-order valence-electron chi connectivity index (χ2n) is 5.64. The third kappa shape index (κ3) is 2.66. The zero-order valence-electron chi connectivity index (χ0n) is 11.1. The number of fused-ring (bicyclic) bond motifs is 1. The maximum atomic E-state index is 13.6. The Balaban J connectivity index is 1.70. The molecule has 0 aliphatic heterocycles. The first kappa shape index (κ1) is 12.7. The SMILES string of the molecule is NC(CCC1CCCC1)c1cc2cccc(F)c2o1. The summed E-state index contributed by atoms with van der Waals surface area (Å²) in [6, 6.07) is 6.72. The minimum Gasteiger partial charge on any atom is -0.456 e. The number of hydrogen-bond acceptors (Lipinski definition) is 2. The van der Waals surface area contributed by atoms with E-state index in [0.717, 1.165) is 24.1 Å². The van der Waals surface area contributed by atoms with Gasteiger partial charge in [0.05, 0.1) is 6.04 Å². The van der Waals surface area contributed by atoms with Crippen LogP contribution in [0.25, 0.3) is 11.0 Å². The van der Waals surface area contributed by atoms with Crippen LogP contribution in [0.15, 0.2) is 28.7 Å². The van der Waals surface area contributed by atoms with E-state index in [4.69, 9.17) is 10.2 Å². The molecular weight excluding hydrogens is 241 g/mol. The second kappa shape index (κ2) is 5.33. The van der Waals surface area contributed by atoms with Gasteiger partial charge in [0.25, 0.3) is 0 Å². The lowest BCUT2D eigenvalue weighted by Gasteiger charge is -2.12. The lowest BCUT2D eigenvalue weighted by atomic mass is 9.98. The minimum absolute atomic E-state index is 0.118. The quantitative estimate of drug-likeness (QED) is 0.877. The molecule has 1 atom stereocenters. The predicted molar refractivity (Wildman–Crippen MR) is 74.3 cm³/mol. The van der Waals surface area contributed by atoms with Crippen LogP contribution < -0.4 is 5.73 Å². The van der Waals surface area contributed by atoms with Crippen molar-refractivity contribution in [2.45, 2.75) is 44.6 Å². The molecule has 1 aromatic heterocycles. The molecule has 1 aromatic carbocycles. The summed E-state index contributed by atoms with van der Waals surface area (Å²) in [5.41, 5.74) is 6.50. The molecule has 102 valence electrons. The van der Waals surface area contributed by atoms with E-state index in [2.05, 4.69) is 0 Å². The minimum atomic E-state index is -0.313. The highest BCUT2D eigenvalue weighted by atomic mass is 19.1. The number of nitrogens with two attached hydrogens (primary N) is 1. The molecule has 0 spiro atoms. The predicted octanol–water partition coefficient (Wildman–Crippen LogP) is 4.54. The van der Waals surface area contributed by atoms with Crippen molar-refractivity contribution in [3.63, 3.8) is 0 Å². The highest BCUT2D eigenvalue weighted by molar-refractivity contribution is 5.78. The molecule has 3 rings (SSSR count). The van der Waals surface area contributed by atoms with Gasteiger partial charge in [-0.05, 0) is 30.9 Å². The zero-order chi connectivity index (χ0) is 13.2. The first-order chi connectivity index (χ1) is 9.24. The van der Waals surface area contributed by atoms with Crippen molar-refractivity contribution in [2.24, 2.45) is 11.7 Å². The number of furan rings is 1. The molecule has 0 radical (unpaired) electrons. The van der Waals surface area contributed by atoms with Gasteiger partial charge in [-0.2, -0.15) is 0 Å². The van der Waals surface area contributed by atoms with Crippen LogP contribution >= 0.6 is 0 Å². The first-order valence-corrected chi connectivity index (χ1v) is 7.17. The summed E-state index contributed by atoms with van der Waals surface area (Å²) in [6.07, 6.45) is 7.46. The summed E-state index contributed by atoms with van der Waals surface area (Å²) in [5, 5.41) is 0.798. The average Bonchev–Trinajstić information content (AvgIpc) is 3.05. The number of rotatable bonds is 4. The van der Waals surface area contributed by atoms with E-state index in [1.54, 1.807) is 6.07 Å². The van der Waals surface area contributed by atoms with Gasteiger partial charge >= 0.3 is 0 Å². The van der Waals surface area contributed by atoms with Crippen molar-refractivity contribution in [3.05, 3.63) is 35.8 Å². The van der Waals surface area contributed by atoms with Gasteiger partial charge in [-0.15, -0.1) is 0 Å². The van der Waals surface area contributed by atoms with E-state index >= 15 is 0 Å². The summed E-state index contributed by atoms with van der Waals surface area (Å²) in [4.78, 5) is 0. The number of benzene rings is 1. The van der Waals surface area contributed by atoms with Crippen LogP contribution in [0.2, 0.25) is 0 Å². The number of para-hydroxylation sites is 1. The Morgan fingerprint density at radius 2 is 2.11 bits per heavy atom. The smallest absolute Gasteiger partial charge is 0.169 e. The monoisotopic (exact) mass is 261 g/mol. The molecule has 2 N–H and O–H groups in total. The Morgan fingerprint density at radius 1 is 1.32 bits per heavy atom. The maximum Gasteiger partial charge on any atom is 0.169 e. The summed E-state index contributed by atoms with van der Waals surface area (Å²) >= 11 is 0. The van der Waals surface area contributed by atoms with Gasteiger partial charge in [-0.25, -0.2) is 4.39 Å². The third-order valence-electron chi connectivity index (χ3n) is 4.24. The van der Waals surface area contributed by atoms with Crippen molar-refractivity contribution in [1.82, 2.24) is 0 Å². The summed E-state index contributed by atoms with van der Waals surface area (Å²) in [7, 11) is 0. The van der Waals surface area contributed by atoms with Crippen molar-refractivity contribution < 1.29 is 8.81 Å². The fraction of sp³-hybridized carbons (Fsp3) is 0.500. The lowest BCUT2D eigenvalue weighted by molar-refractivity contribution is 0.412. The highest BCUT2D eigenvalue weighted by Crippen LogP contribution is 2.32. The van der Waals surface area contributed by atoms with Crippen molar-refractivity contribution in [1.29, 1.82) is 0 Å². The summed E-state index contributed by atoms with van der Waals surface area (Å²) < 4.78 is 19.1. The Labute approximate surface area is 112 Å². The fourth-order valence-electron chi connectivity index (χ4n) is 3.09. The van der Waals surface area contributed by atoms with Crippen LogP contribution in [-0.4, -0.2) is 0 Å². The topological polar surface area (TPSA) is 39.2 Å². The molecule has 0 bridgehead atoms. The maximum absolute atomic E-state index is 13.6. The number of halogens is 1. The average molecular weight is 261 g/mol. The molecule has 2 nitrogen and oxygen atoms in total. The Bertz CT molecular complexity index is 557. The molecule has 1 aliphatic carbocycles. The molecule has 1 heterocycles. The van der Waals surface area contributed by atoms with Gasteiger partial charge in [0.1, 0.15) is 5.76 Å². The van der Waals surface area contributed by atoms with E-state index in [9.17, 15) is 4.39 Å². The second-order valence-corrected chi connectivity index (χ2v) is 5.64. The Kier molecular flexibility index (Phi) is 3.56. The van der Waals surface area contributed by atoms with Gasteiger partial charge in [0, 0.05) is 5.39 Å². The van der Waals surface area contributed by atoms with E-state index in [1.165, 1.54) is 31.7 Å². The van der Waals surface area contributed by atoms with Crippen LogP contribution in [0.4, 0.5) is 4.39 Å². The summed E-state index contributed by atoms with van der Waals surface area (Å²) in [5.74, 6) is 1.22. The van der Waals surface area contributed by atoms with Gasteiger partial charge in [0.2, 0.25) is 0 Å². The normalized spacial score (nSPS) is 18.2. The van der Waals surface area contributed by atoms with Crippen LogP contribution in [0, 0.1) is 11.7 Å². The van der Waals surface area contributed by atoms with Crippen LogP contribution in [-0.2, 0) is 0 Å². The molecule has 2 aromatic rings. The summed E-state index contributed by atoms with van der Waals surface area (Å²) in [6.45, 7) is 0. The lowest BCUT2D eigenvalue weighted by Crippen LogP contribution is -2.10. The molecular formula is C16H20FNO. The molecule has 1 unspecified atom stereocenters. The van der Waals surface area contributed by atoms with Gasteiger partial charge in [0.15, 0.2) is 11.4 Å². The fourth-order valence-corrected chi connectivity index (χ4v) is 3.09. The first-order valence-electron chi connectivity index (χ1n) is 7.17. The van der Waals surface area contributed by atoms with Crippen molar-refractivity contribution in [2.75, 3.05) is 0 Å². The Hall–Kier alpha value is -1.35. The van der Waals surface area contributed by atoms with Crippen molar-refractivity contribution >= 4 is 11.0 Å². The van der Waals surface area contributed by atoms with E-state index in [1.807, 2.05) is 12.1 Å². The van der Waals surface area contributed by atoms with Crippen LogP contribution in [0.3, 0.4) is 0 Å². The zero-order valence-corrected chi connectivity index (χ0v) is 11.1. The molecule has 1 saturated carbocycles. The number of hydrogen-bond donors (Lipinski definition) is 1. The van der Waals surface area contributed by atoms with Crippen molar-refractivity contribution in [3.8, 4) is 0 Å².